The van der Waals surface area contributed by atoms with Gasteiger partial charge in [-0.1, -0.05) is 91.7 Å². The summed E-state index contributed by atoms with van der Waals surface area (Å²) < 4.78 is 6.19. The Kier molecular flexibility index (Phi) is 14.5. The van der Waals surface area contributed by atoms with Gasteiger partial charge in [0.05, 0.1) is 0 Å². The van der Waals surface area contributed by atoms with Gasteiger partial charge in [0.15, 0.2) is 0 Å². The Morgan fingerprint density at radius 2 is 1.46 bits per heavy atom. The van der Waals surface area contributed by atoms with E-state index in [0.29, 0.717) is 37.4 Å². The fraction of sp³-hybridized carbons (Fsp3) is 0.375. The lowest BCUT2D eigenvalue weighted by molar-refractivity contribution is -0.137. The third-order valence-electron chi connectivity index (χ3n) is 11.6. The Labute approximate surface area is 352 Å². The molecule has 2 saturated heterocycles. The minimum Gasteiger partial charge on any atom is -0.492 e. The molecular weight excluding hydrogens is 762 g/mol. The van der Waals surface area contributed by atoms with E-state index in [1.165, 1.54) is 16.7 Å². The molecule has 7 rings (SSSR count). The van der Waals surface area contributed by atoms with Gasteiger partial charge < -0.3 is 19.9 Å². The van der Waals surface area contributed by atoms with Crippen LogP contribution in [0.15, 0.2) is 103 Å². The number of rotatable bonds is 18. The molecule has 1 atom stereocenters. The van der Waals surface area contributed by atoms with Crippen LogP contribution in [0.25, 0.3) is 11.1 Å². The number of imide groups is 1. The quantitative estimate of drug-likeness (QED) is 0.0460. The Morgan fingerprint density at radius 1 is 0.763 bits per heavy atom. The van der Waals surface area contributed by atoms with E-state index in [0.717, 1.165) is 99.5 Å². The van der Waals surface area contributed by atoms with Gasteiger partial charge in [-0.2, -0.15) is 0 Å². The number of nitrogens with one attached hydrogen (secondary N) is 2. The van der Waals surface area contributed by atoms with Crippen molar-refractivity contribution in [1.29, 1.82) is 0 Å². The lowest BCUT2D eigenvalue weighted by Crippen LogP contribution is -2.52. The molecule has 4 aromatic carbocycles. The Morgan fingerprint density at radius 3 is 2.17 bits per heavy atom. The van der Waals surface area contributed by atoms with Crippen molar-refractivity contribution in [3.8, 4) is 5.75 Å². The molecule has 0 bridgehead atoms. The fourth-order valence-corrected chi connectivity index (χ4v) is 8.57. The van der Waals surface area contributed by atoms with Crippen molar-refractivity contribution in [2.45, 2.75) is 64.0 Å². The average molecular weight is 816 g/mol. The summed E-state index contributed by atoms with van der Waals surface area (Å²) >= 11 is 6.33. The highest BCUT2D eigenvalue weighted by molar-refractivity contribution is 6.18. The van der Waals surface area contributed by atoms with E-state index in [-0.39, 0.29) is 24.1 Å². The Hall–Kier alpha value is -5.45. The highest BCUT2D eigenvalue weighted by atomic mass is 35.5. The topological polar surface area (TPSA) is 111 Å². The number of unbranched alkanes of at least 4 members (excludes halogenated alkanes) is 3. The minimum absolute atomic E-state index is 0.167. The second-order valence-electron chi connectivity index (χ2n) is 15.4. The highest BCUT2D eigenvalue weighted by Crippen LogP contribution is 2.36. The van der Waals surface area contributed by atoms with Crippen molar-refractivity contribution in [3.63, 3.8) is 0 Å². The van der Waals surface area contributed by atoms with Crippen LogP contribution in [0.3, 0.4) is 0 Å². The summed E-state index contributed by atoms with van der Waals surface area (Å²) in [6.07, 6.45) is 5.70. The van der Waals surface area contributed by atoms with Gasteiger partial charge in [-0.05, 0) is 77.8 Å². The standard InChI is InChI=1S/C48H54ClN5O5/c49-26-25-39(35-12-5-3-6-13-35)46(36-14-7-4-8-15-36)37-19-21-38(22-20-37)59-33-32-52-28-30-53(31-29-52)45(56)18-9-1-2-10-27-50-42-17-11-16-40-41(42)34-54(48(40)58)43-23-24-44(55)51-47(43)57/h3-8,11-17,19-22,43,50H,1-2,9-10,18,23-34H2,(H,51,55,57)/b46-39-. The molecule has 2 fully saturated rings. The van der Waals surface area contributed by atoms with Gasteiger partial charge in [0.1, 0.15) is 18.4 Å². The lowest BCUT2D eigenvalue weighted by Gasteiger charge is -2.34. The van der Waals surface area contributed by atoms with E-state index < -0.39 is 11.9 Å². The molecule has 0 saturated carbocycles. The summed E-state index contributed by atoms with van der Waals surface area (Å²) in [5.74, 6) is 0.742. The predicted molar refractivity (Wildman–Crippen MR) is 233 cm³/mol. The largest absolute Gasteiger partial charge is 0.492 e. The van der Waals surface area contributed by atoms with E-state index in [1.807, 2.05) is 41.3 Å². The van der Waals surface area contributed by atoms with Gasteiger partial charge in [-0.25, -0.2) is 0 Å². The van der Waals surface area contributed by atoms with E-state index in [1.54, 1.807) is 11.0 Å². The first-order valence-electron chi connectivity index (χ1n) is 21.0. The maximum absolute atomic E-state index is 13.1. The van der Waals surface area contributed by atoms with Crippen LogP contribution in [0, 0.1) is 0 Å². The van der Waals surface area contributed by atoms with E-state index in [4.69, 9.17) is 16.3 Å². The maximum Gasteiger partial charge on any atom is 0.255 e. The molecule has 3 aliphatic heterocycles. The molecule has 11 heteroatoms. The number of hydrogen-bond donors (Lipinski definition) is 2. The first-order chi connectivity index (χ1) is 28.9. The number of piperidine rings is 1. The van der Waals surface area contributed by atoms with E-state index in [9.17, 15) is 19.2 Å². The summed E-state index contributed by atoms with van der Waals surface area (Å²) in [6, 6.07) is 34.3. The monoisotopic (exact) mass is 815 g/mol. The Bertz CT molecular complexity index is 2100. The van der Waals surface area contributed by atoms with Crippen LogP contribution in [-0.2, 0) is 20.9 Å². The molecule has 0 aliphatic carbocycles. The Balaban J connectivity index is 0.791. The van der Waals surface area contributed by atoms with Gasteiger partial charge >= 0.3 is 0 Å². The van der Waals surface area contributed by atoms with Gasteiger partial charge in [0.25, 0.3) is 5.91 Å². The molecule has 2 N–H and O–H groups in total. The van der Waals surface area contributed by atoms with Gasteiger partial charge in [-0.15, -0.1) is 11.6 Å². The number of piperazine rings is 1. The third kappa shape index (κ3) is 10.6. The number of alkyl halides is 1. The average Bonchev–Trinajstić information content (AvgIpc) is 3.60. The second kappa shape index (κ2) is 20.5. The molecule has 4 amide bonds. The number of hydrogen-bond acceptors (Lipinski definition) is 7. The number of carbonyl (C=O) groups is 4. The number of halogens is 1. The minimum atomic E-state index is -0.623. The van der Waals surface area contributed by atoms with Crippen molar-refractivity contribution in [1.82, 2.24) is 20.0 Å². The number of benzene rings is 4. The molecule has 3 heterocycles. The van der Waals surface area contributed by atoms with Crippen LogP contribution in [0.2, 0.25) is 0 Å². The maximum atomic E-state index is 13.1. The fourth-order valence-electron chi connectivity index (χ4n) is 8.39. The zero-order valence-electron chi connectivity index (χ0n) is 33.7. The predicted octanol–water partition coefficient (Wildman–Crippen LogP) is 7.62. The number of nitrogens with zero attached hydrogens (tertiary/aromatic N) is 3. The van der Waals surface area contributed by atoms with Crippen LogP contribution >= 0.6 is 11.6 Å². The van der Waals surface area contributed by atoms with Crippen LogP contribution in [0.5, 0.6) is 5.75 Å². The van der Waals surface area contributed by atoms with Crippen LogP contribution in [0.1, 0.15) is 84.0 Å². The third-order valence-corrected chi connectivity index (χ3v) is 11.8. The highest BCUT2D eigenvalue weighted by Gasteiger charge is 2.39. The molecule has 59 heavy (non-hydrogen) atoms. The summed E-state index contributed by atoms with van der Waals surface area (Å²) in [5, 5.41) is 5.84. The SMILES string of the molecule is O=C1CCC(N2Cc3c(NCCCCCCC(=O)N4CCN(CCOc5ccc(/C(=C(/CCCl)c6ccccc6)c6ccccc6)cc5)CC4)cccc3C2=O)C(=O)N1. The summed E-state index contributed by atoms with van der Waals surface area (Å²) in [5.41, 5.74) is 8.26. The van der Waals surface area contributed by atoms with Crippen LogP contribution in [0.4, 0.5) is 5.69 Å². The number of anilines is 1. The van der Waals surface area contributed by atoms with Gasteiger partial charge in [-0.3, -0.25) is 29.4 Å². The molecule has 0 spiro atoms. The summed E-state index contributed by atoms with van der Waals surface area (Å²) in [7, 11) is 0. The lowest BCUT2D eigenvalue weighted by atomic mass is 9.88. The molecule has 10 nitrogen and oxygen atoms in total. The number of amides is 4. The molecule has 0 radical (unpaired) electrons. The molecule has 3 aliphatic rings. The van der Waals surface area contributed by atoms with Crippen LogP contribution < -0.4 is 15.4 Å². The molecular formula is C48H54ClN5O5. The second-order valence-corrected chi connectivity index (χ2v) is 15.8. The number of carbonyl (C=O) groups excluding carboxylic acids is 4. The molecule has 1 unspecified atom stereocenters. The van der Waals surface area contributed by atoms with Crippen LogP contribution in [-0.4, -0.2) is 96.1 Å². The first-order valence-corrected chi connectivity index (χ1v) is 21.6. The van der Waals surface area contributed by atoms with Gasteiger partial charge in [0.2, 0.25) is 17.7 Å². The normalized spacial score (nSPS) is 17.4. The van der Waals surface area contributed by atoms with Crippen molar-refractivity contribution in [2.75, 3.05) is 57.1 Å². The van der Waals surface area contributed by atoms with E-state index >= 15 is 0 Å². The molecule has 4 aromatic rings. The van der Waals surface area contributed by atoms with Crippen molar-refractivity contribution in [3.05, 3.63) is 131 Å². The number of allylic oxidation sites excluding steroid dienone is 1. The van der Waals surface area contributed by atoms with Crippen molar-refractivity contribution < 1.29 is 23.9 Å². The summed E-state index contributed by atoms with van der Waals surface area (Å²) in [6.45, 7) is 5.65. The number of ether oxygens (including phenoxy) is 1. The molecule has 308 valence electrons. The zero-order chi connectivity index (χ0) is 41.0. The van der Waals surface area contributed by atoms with Crippen molar-refractivity contribution in [2.24, 2.45) is 0 Å². The molecule has 0 aromatic heterocycles. The first kappa shape index (κ1) is 41.7. The number of fused-ring (bicyclic) bond motifs is 1. The van der Waals surface area contributed by atoms with Crippen molar-refractivity contribution >= 4 is 52.1 Å². The van der Waals surface area contributed by atoms with Gasteiger partial charge in [0, 0.05) is 81.3 Å². The summed E-state index contributed by atoms with van der Waals surface area (Å²) in [4.78, 5) is 56.1. The smallest absolute Gasteiger partial charge is 0.255 e. The van der Waals surface area contributed by atoms with E-state index in [2.05, 4.69) is 76.2 Å². The zero-order valence-corrected chi connectivity index (χ0v) is 34.4.